The number of para-hydroxylation sites is 1. The first-order chi connectivity index (χ1) is 8.16. The van der Waals surface area contributed by atoms with E-state index in [1.807, 2.05) is 18.2 Å². The SMILES string of the molecule is O=C(Nc1ccccc1)c1cnc(Cl)c(Cl)c1. The van der Waals surface area contributed by atoms with E-state index < -0.39 is 0 Å². The van der Waals surface area contributed by atoms with Crippen molar-refractivity contribution in [1.29, 1.82) is 0 Å². The Hall–Kier alpha value is -1.58. The normalized spacial score (nSPS) is 10.0. The Bertz CT molecular complexity index is 543. The molecule has 0 saturated carbocycles. The van der Waals surface area contributed by atoms with Gasteiger partial charge in [-0.15, -0.1) is 0 Å². The molecular formula is C12H8Cl2N2O. The highest BCUT2D eigenvalue weighted by molar-refractivity contribution is 6.41. The summed E-state index contributed by atoms with van der Waals surface area (Å²) in [5.41, 5.74) is 1.08. The molecule has 17 heavy (non-hydrogen) atoms. The topological polar surface area (TPSA) is 42.0 Å². The largest absolute Gasteiger partial charge is 0.322 e. The summed E-state index contributed by atoms with van der Waals surface area (Å²) in [5, 5.41) is 3.16. The van der Waals surface area contributed by atoms with Crippen molar-refractivity contribution >= 4 is 34.8 Å². The summed E-state index contributed by atoms with van der Waals surface area (Å²) in [6.45, 7) is 0. The van der Waals surface area contributed by atoms with E-state index >= 15 is 0 Å². The molecule has 1 aromatic heterocycles. The van der Waals surface area contributed by atoms with Gasteiger partial charge in [0.15, 0.2) is 0 Å². The van der Waals surface area contributed by atoms with E-state index in [-0.39, 0.29) is 16.1 Å². The first-order valence-corrected chi connectivity index (χ1v) is 5.60. The summed E-state index contributed by atoms with van der Waals surface area (Å²) in [4.78, 5) is 15.6. The van der Waals surface area contributed by atoms with Gasteiger partial charge in [0.05, 0.1) is 10.6 Å². The van der Waals surface area contributed by atoms with Gasteiger partial charge in [-0.3, -0.25) is 4.79 Å². The van der Waals surface area contributed by atoms with Gasteiger partial charge in [-0.25, -0.2) is 4.98 Å². The maximum Gasteiger partial charge on any atom is 0.257 e. The minimum atomic E-state index is -0.276. The first-order valence-electron chi connectivity index (χ1n) is 4.84. The van der Waals surface area contributed by atoms with Gasteiger partial charge in [0.2, 0.25) is 0 Å². The third-order valence-electron chi connectivity index (χ3n) is 2.09. The number of nitrogens with one attached hydrogen (secondary N) is 1. The lowest BCUT2D eigenvalue weighted by molar-refractivity contribution is 0.102. The third kappa shape index (κ3) is 2.96. The van der Waals surface area contributed by atoms with E-state index in [1.165, 1.54) is 12.3 Å². The van der Waals surface area contributed by atoms with Gasteiger partial charge in [-0.2, -0.15) is 0 Å². The summed E-state index contributed by atoms with van der Waals surface area (Å²) in [6, 6.07) is 10.6. The van der Waals surface area contributed by atoms with Crippen LogP contribution in [-0.2, 0) is 0 Å². The molecule has 0 radical (unpaired) electrons. The molecule has 86 valence electrons. The average molecular weight is 267 g/mol. The summed E-state index contributed by atoms with van der Waals surface area (Å²) in [6.07, 6.45) is 1.38. The van der Waals surface area contributed by atoms with Crippen LogP contribution < -0.4 is 5.32 Å². The molecule has 0 fully saturated rings. The molecule has 2 aromatic rings. The highest BCUT2D eigenvalue weighted by Crippen LogP contribution is 2.20. The molecule has 3 nitrogen and oxygen atoms in total. The van der Waals surface area contributed by atoms with E-state index in [0.717, 1.165) is 0 Å². The van der Waals surface area contributed by atoms with Gasteiger partial charge >= 0.3 is 0 Å². The number of anilines is 1. The predicted molar refractivity (Wildman–Crippen MR) is 68.7 cm³/mol. The van der Waals surface area contributed by atoms with Crippen molar-refractivity contribution in [2.24, 2.45) is 0 Å². The number of carbonyl (C=O) groups is 1. The van der Waals surface area contributed by atoms with Gasteiger partial charge in [0.1, 0.15) is 5.15 Å². The fourth-order valence-electron chi connectivity index (χ4n) is 1.27. The van der Waals surface area contributed by atoms with Crippen LogP contribution in [0.3, 0.4) is 0 Å². The van der Waals surface area contributed by atoms with E-state index in [2.05, 4.69) is 10.3 Å². The Morgan fingerprint density at radius 3 is 2.53 bits per heavy atom. The lowest BCUT2D eigenvalue weighted by Gasteiger charge is -2.05. The highest BCUT2D eigenvalue weighted by atomic mass is 35.5. The zero-order chi connectivity index (χ0) is 12.3. The number of nitrogens with zero attached hydrogens (tertiary/aromatic N) is 1. The van der Waals surface area contributed by atoms with Crippen LogP contribution in [0.4, 0.5) is 5.69 Å². The minimum absolute atomic E-state index is 0.183. The fourth-order valence-corrected chi connectivity index (χ4v) is 1.54. The van der Waals surface area contributed by atoms with E-state index in [4.69, 9.17) is 23.2 Å². The highest BCUT2D eigenvalue weighted by Gasteiger charge is 2.08. The van der Waals surface area contributed by atoms with Crippen molar-refractivity contribution < 1.29 is 4.79 Å². The number of hydrogen-bond donors (Lipinski definition) is 1. The standard InChI is InChI=1S/C12H8Cl2N2O/c13-10-6-8(7-15-11(10)14)12(17)16-9-4-2-1-3-5-9/h1-7H,(H,16,17). The molecule has 2 rings (SSSR count). The predicted octanol–water partition coefficient (Wildman–Crippen LogP) is 3.64. The Balaban J connectivity index is 2.18. The number of halogens is 2. The van der Waals surface area contributed by atoms with Gasteiger partial charge in [0, 0.05) is 11.9 Å². The Labute approximate surface area is 108 Å². The summed E-state index contributed by atoms with van der Waals surface area (Å²) in [7, 11) is 0. The van der Waals surface area contributed by atoms with Crippen LogP contribution in [0.2, 0.25) is 10.2 Å². The van der Waals surface area contributed by atoms with Crippen molar-refractivity contribution in [3.05, 3.63) is 58.3 Å². The maximum absolute atomic E-state index is 11.8. The second kappa shape index (κ2) is 5.17. The molecule has 1 N–H and O–H groups in total. The van der Waals surface area contributed by atoms with Crippen molar-refractivity contribution in [1.82, 2.24) is 4.98 Å². The lowest BCUT2D eigenvalue weighted by Crippen LogP contribution is -2.12. The van der Waals surface area contributed by atoms with Crippen molar-refractivity contribution in [3.63, 3.8) is 0 Å². The van der Waals surface area contributed by atoms with Crippen LogP contribution in [0.5, 0.6) is 0 Å². The van der Waals surface area contributed by atoms with Gasteiger partial charge in [0.25, 0.3) is 5.91 Å². The van der Waals surface area contributed by atoms with Crippen LogP contribution in [0.25, 0.3) is 0 Å². The molecule has 1 heterocycles. The first kappa shape index (κ1) is 11.9. The number of aromatic nitrogens is 1. The van der Waals surface area contributed by atoms with Gasteiger partial charge in [-0.1, -0.05) is 41.4 Å². The number of amides is 1. The molecule has 0 aliphatic carbocycles. The van der Waals surface area contributed by atoms with Crippen molar-refractivity contribution in [2.75, 3.05) is 5.32 Å². The average Bonchev–Trinajstić information content (AvgIpc) is 2.34. The van der Waals surface area contributed by atoms with Crippen LogP contribution in [0.15, 0.2) is 42.6 Å². The lowest BCUT2D eigenvalue weighted by atomic mass is 10.2. The number of benzene rings is 1. The van der Waals surface area contributed by atoms with Gasteiger partial charge < -0.3 is 5.32 Å². The van der Waals surface area contributed by atoms with Crippen LogP contribution >= 0.6 is 23.2 Å². The third-order valence-corrected chi connectivity index (χ3v) is 2.78. The zero-order valence-corrected chi connectivity index (χ0v) is 10.2. The quantitative estimate of drug-likeness (QED) is 0.844. The summed E-state index contributed by atoms with van der Waals surface area (Å²) >= 11 is 11.5. The molecule has 0 aliphatic rings. The Morgan fingerprint density at radius 1 is 1.18 bits per heavy atom. The molecule has 1 aromatic carbocycles. The smallest absolute Gasteiger partial charge is 0.257 e. The number of pyridine rings is 1. The number of carbonyl (C=O) groups excluding carboxylic acids is 1. The van der Waals surface area contributed by atoms with Crippen LogP contribution in [0, 0.1) is 0 Å². The fraction of sp³-hybridized carbons (Fsp3) is 0. The van der Waals surface area contributed by atoms with E-state index in [1.54, 1.807) is 12.1 Å². The molecule has 5 heteroatoms. The second-order valence-electron chi connectivity index (χ2n) is 3.32. The van der Waals surface area contributed by atoms with E-state index in [0.29, 0.717) is 11.3 Å². The van der Waals surface area contributed by atoms with Crippen LogP contribution in [0.1, 0.15) is 10.4 Å². The summed E-state index contributed by atoms with van der Waals surface area (Å²) in [5.74, 6) is -0.276. The molecule has 0 aliphatic heterocycles. The number of rotatable bonds is 2. The molecule has 0 atom stereocenters. The van der Waals surface area contributed by atoms with E-state index in [9.17, 15) is 4.79 Å². The second-order valence-corrected chi connectivity index (χ2v) is 4.08. The van der Waals surface area contributed by atoms with Crippen LogP contribution in [-0.4, -0.2) is 10.9 Å². The molecule has 0 spiro atoms. The van der Waals surface area contributed by atoms with Gasteiger partial charge in [-0.05, 0) is 18.2 Å². The molecule has 1 amide bonds. The molecule has 0 bridgehead atoms. The molecule has 0 saturated heterocycles. The minimum Gasteiger partial charge on any atom is -0.322 e. The molecule has 0 unspecified atom stereocenters. The van der Waals surface area contributed by atoms with Crippen molar-refractivity contribution in [3.8, 4) is 0 Å². The Morgan fingerprint density at radius 2 is 1.88 bits per heavy atom. The number of hydrogen-bond acceptors (Lipinski definition) is 2. The van der Waals surface area contributed by atoms with Crippen molar-refractivity contribution in [2.45, 2.75) is 0 Å². The summed E-state index contributed by atoms with van der Waals surface area (Å²) < 4.78 is 0. The Kier molecular flexibility index (Phi) is 3.61. The monoisotopic (exact) mass is 266 g/mol. The zero-order valence-electron chi connectivity index (χ0n) is 8.65. The molecular weight excluding hydrogens is 259 g/mol. The maximum atomic E-state index is 11.8.